The second-order valence-corrected chi connectivity index (χ2v) is 12.6. The van der Waals surface area contributed by atoms with Crippen molar-refractivity contribution >= 4 is 43.9 Å². The zero-order valence-electron chi connectivity index (χ0n) is 27.0. The van der Waals surface area contributed by atoms with Crippen molar-refractivity contribution in [3.8, 4) is 50.6 Å². The summed E-state index contributed by atoms with van der Waals surface area (Å²) in [5.41, 5.74) is 13.0. The number of fused-ring (bicyclic) bond motifs is 7. The summed E-state index contributed by atoms with van der Waals surface area (Å²) in [5, 5.41) is 3.26. The Morgan fingerprint density at radius 2 is 0.940 bits per heavy atom. The van der Waals surface area contributed by atoms with Crippen LogP contribution in [0.4, 0.5) is 0 Å². The second-order valence-electron chi connectivity index (χ2n) is 12.6. The molecule has 3 aromatic heterocycles. The molecule has 0 saturated heterocycles. The Morgan fingerprint density at radius 3 is 1.60 bits per heavy atom. The second kappa shape index (κ2) is 11.4. The fraction of sp³-hybridized carbons (Fsp3) is 0. The summed E-state index contributed by atoms with van der Waals surface area (Å²) in [6.45, 7) is 0. The van der Waals surface area contributed by atoms with Gasteiger partial charge in [-0.2, -0.15) is 0 Å². The maximum atomic E-state index is 6.71. The molecule has 0 saturated carbocycles. The highest BCUT2D eigenvalue weighted by Gasteiger charge is 2.23. The van der Waals surface area contributed by atoms with Crippen molar-refractivity contribution in [2.75, 3.05) is 0 Å². The van der Waals surface area contributed by atoms with Crippen molar-refractivity contribution < 1.29 is 4.42 Å². The summed E-state index contributed by atoms with van der Waals surface area (Å²) >= 11 is 0. The molecule has 10 rings (SSSR count). The molecule has 50 heavy (non-hydrogen) atoms. The number of hydrogen-bond donors (Lipinski definition) is 0. The molecule has 0 aliphatic rings. The van der Waals surface area contributed by atoms with Crippen molar-refractivity contribution in [1.82, 2.24) is 14.5 Å². The summed E-state index contributed by atoms with van der Waals surface area (Å²) in [4.78, 5) is 10.4. The van der Waals surface area contributed by atoms with Crippen molar-refractivity contribution in [2.45, 2.75) is 0 Å². The highest BCUT2D eigenvalue weighted by molar-refractivity contribution is 6.27. The quantitative estimate of drug-likeness (QED) is 0.188. The maximum absolute atomic E-state index is 6.71. The SMILES string of the molecule is c1ccc(-c2ccc(-c3nc(-c4ccccc4)c4oc5ccc6c(c7ccccc7n6-c6ccc(-c7ccccc7)cc6)c5c4n3)cc2)cc1. The molecule has 3 heterocycles. The van der Waals surface area contributed by atoms with Crippen LogP contribution in [0, 0.1) is 0 Å². The van der Waals surface area contributed by atoms with Gasteiger partial charge in [0.05, 0.1) is 16.4 Å². The van der Waals surface area contributed by atoms with Gasteiger partial charge >= 0.3 is 0 Å². The van der Waals surface area contributed by atoms with Gasteiger partial charge in [-0.25, -0.2) is 9.97 Å². The number of benzene rings is 7. The van der Waals surface area contributed by atoms with Crippen LogP contribution in [0.25, 0.3) is 94.5 Å². The first-order valence-corrected chi connectivity index (χ1v) is 16.8. The van der Waals surface area contributed by atoms with Gasteiger partial charge < -0.3 is 8.98 Å². The molecular weight excluding hydrogens is 611 g/mol. The topological polar surface area (TPSA) is 43.9 Å². The molecule has 0 N–H and O–H groups in total. The lowest BCUT2D eigenvalue weighted by Crippen LogP contribution is -1.94. The van der Waals surface area contributed by atoms with Crippen LogP contribution < -0.4 is 0 Å². The van der Waals surface area contributed by atoms with Crippen molar-refractivity contribution in [3.05, 3.63) is 176 Å². The van der Waals surface area contributed by atoms with E-state index in [1.54, 1.807) is 0 Å². The normalized spacial score (nSPS) is 11.6. The first kappa shape index (κ1) is 28.3. The Balaban J connectivity index is 1.22. The van der Waals surface area contributed by atoms with E-state index in [9.17, 15) is 0 Å². The van der Waals surface area contributed by atoms with E-state index in [2.05, 4.69) is 156 Å². The van der Waals surface area contributed by atoms with E-state index >= 15 is 0 Å². The number of para-hydroxylation sites is 1. The molecule has 0 fully saturated rings. The highest BCUT2D eigenvalue weighted by Crippen LogP contribution is 2.43. The van der Waals surface area contributed by atoms with Crippen LogP contribution in [-0.4, -0.2) is 14.5 Å². The predicted molar refractivity (Wildman–Crippen MR) is 205 cm³/mol. The molecule has 4 heteroatoms. The summed E-state index contributed by atoms with van der Waals surface area (Å²) < 4.78 is 9.06. The number of nitrogens with zero attached hydrogens (tertiary/aromatic N) is 3. The van der Waals surface area contributed by atoms with E-state index in [1.807, 2.05) is 24.3 Å². The minimum Gasteiger partial charge on any atom is -0.452 e. The Kier molecular flexibility index (Phi) is 6.46. The van der Waals surface area contributed by atoms with E-state index in [0.29, 0.717) is 11.4 Å². The summed E-state index contributed by atoms with van der Waals surface area (Å²) in [5.74, 6) is 0.663. The van der Waals surface area contributed by atoms with Crippen molar-refractivity contribution in [2.24, 2.45) is 0 Å². The van der Waals surface area contributed by atoms with Crippen LogP contribution >= 0.6 is 0 Å². The molecule has 0 unspecified atom stereocenters. The predicted octanol–water partition coefficient (Wildman–Crippen LogP) is 12.1. The van der Waals surface area contributed by atoms with E-state index in [1.165, 1.54) is 16.7 Å². The summed E-state index contributed by atoms with van der Waals surface area (Å²) in [7, 11) is 0. The van der Waals surface area contributed by atoms with Gasteiger partial charge in [-0.05, 0) is 52.6 Å². The average molecular weight is 640 g/mol. The van der Waals surface area contributed by atoms with Crippen LogP contribution in [0.5, 0.6) is 0 Å². The molecule has 0 amide bonds. The molecule has 0 aliphatic carbocycles. The first-order chi connectivity index (χ1) is 24.8. The largest absolute Gasteiger partial charge is 0.452 e. The Hall–Kier alpha value is -6.78. The van der Waals surface area contributed by atoms with E-state index in [0.717, 1.165) is 66.4 Å². The van der Waals surface area contributed by atoms with Gasteiger partial charge in [-0.1, -0.05) is 146 Å². The first-order valence-electron chi connectivity index (χ1n) is 16.8. The van der Waals surface area contributed by atoms with Gasteiger partial charge in [0.15, 0.2) is 11.4 Å². The van der Waals surface area contributed by atoms with E-state index in [4.69, 9.17) is 14.4 Å². The van der Waals surface area contributed by atoms with Crippen LogP contribution in [0.1, 0.15) is 0 Å². The fourth-order valence-electron chi connectivity index (χ4n) is 7.26. The Morgan fingerprint density at radius 1 is 0.400 bits per heavy atom. The molecular formula is C46H29N3O. The summed E-state index contributed by atoms with van der Waals surface area (Å²) in [6, 6.07) is 61.4. The lowest BCUT2D eigenvalue weighted by molar-refractivity contribution is 0.667. The molecule has 10 aromatic rings. The summed E-state index contributed by atoms with van der Waals surface area (Å²) in [6.07, 6.45) is 0. The molecule has 0 bridgehead atoms. The Bertz CT molecular complexity index is 2820. The minimum absolute atomic E-state index is 0.663. The van der Waals surface area contributed by atoms with Crippen LogP contribution in [0.3, 0.4) is 0 Å². The van der Waals surface area contributed by atoms with Gasteiger partial charge in [0.2, 0.25) is 0 Å². The van der Waals surface area contributed by atoms with Gasteiger partial charge in [0.25, 0.3) is 0 Å². The Labute approximate surface area is 288 Å². The standard InChI is InChI=1S/C46H29N3O/c1-4-12-30(13-5-1)32-20-22-35(23-21-32)46-47-43(34-16-8-3-9-17-34)45-44(48-46)42-40(50-45)29-28-39-41(42)37-18-10-11-19-38(37)49(39)36-26-24-33(25-27-36)31-14-6-2-7-15-31/h1-29H. The molecule has 4 nitrogen and oxygen atoms in total. The minimum atomic E-state index is 0.663. The molecule has 0 spiro atoms. The van der Waals surface area contributed by atoms with Gasteiger partial charge in [-0.3, -0.25) is 0 Å². The van der Waals surface area contributed by atoms with E-state index in [-0.39, 0.29) is 0 Å². The van der Waals surface area contributed by atoms with Gasteiger partial charge in [0.1, 0.15) is 16.8 Å². The highest BCUT2D eigenvalue weighted by atomic mass is 16.3. The van der Waals surface area contributed by atoms with Gasteiger partial charge in [-0.15, -0.1) is 0 Å². The van der Waals surface area contributed by atoms with Gasteiger partial charge in [0, 0.05) is 27.6 Å². The van der Waals surface area contributed by atoms with Crippen LogP contribution in [0.2, 0.25) is 0 Å². The number of aromatic nitrogens is 3. The molecule has 7 aromatic carbocycles. The zero-order chi connectivity index (χ0) is 33.0. The lowest BCUT2D eigenvalue weighted by atomic mass is 10.0. The number of rotatable bonds is 5. The van der Waals surface area contributed by atoms with E-state index < -0.39 is 0 Å². The molecule has 0 radical (unpaired) electrons. The van der Waals surface area contributed by atoms with Crippen molar-refractivity contribution in [1.29, 1.82) is 0 Å². The number of furan rings is 1. The number of hydrogen-bond acceptors (Lipinski definition) is 3. The average Bonchev–Trinajstić information content (AvgIpc) is 3.74. The fourth-order valence-corrected chi connectivity index (χ4v) is 7.26. The molecule has 0 atom stereocenters. The van der Waals surface area contributed by atoms with Crippen LogP contribution in [0.15, 0.2) is 180 Å². The van der Waals surface area contributed by atoms with Crippen molar-refractivity contribution in [3.63, 3.8) is 0 Å². The molecule has 234 valence electrons. The third-order valence-electron chi connectivity index (χ3n) is 9.64. The third-order valence-corrected chi connectivity index (χ3v) is 9.64. The third kappa shape index (κ3) is 4.54. The smallest absolute Gasteiger partial charge is 0.180 e. The lowest BCUT2D eigenvalue weighted by Gasteiger charge is -2.09. The van der Waals surface area contributed by atoms with Crippen LogP contribution in [-0.2, 0) is 0 Å². The zero-order valence-corrected chi connectivity index (χ0v) is 27.0. The monoisotopic (exact) mass is 639 g/mol. The maximum Gasteiger partial charge on any atom is 0.180 e. The molecule has 0 aliphatic heterocycles.